The van der Waals surface area contributed by atoms with Gasteiger partial charge in [0.1, 0.15) is 10.6 Å². The number of aliphatic hydroxyl groups excluding tert-OH is 1. The number of carboxylic acid groups (broad SMARTS) is 1. The number of hydrogen-bond donors (Lipinski definition) is 3. The van der Waals surface area contributed by atoms with Crippen LogP contribution in [0.15, 0.2) is 60.0 Å². The standard InChI is InChI=1S/C18H14ClNO3S/c19-14-9-5-4-8-12(14)13-10-24-17(15(13)18(22)23)20-16(21)11-6-2-1-3-7-11/h1-10,16,20-21H,(H,22,23). The number of benzene rings is 2. The van der Waals surface area contributed by atoms with Gasteiger partial charge in [0.2, 0.25) is 0 Å². The maximum Gasteiger partial charge on any atom is 0.339 e. The number of carbonyl (C=O) groups is 1. The molecule has 0 radical (unpaired) electrons. The fourth-order valence-electron chi connectivity index (χ4n) is 2.40. The van der Waals surface area contributed by atoms with E-state index >= 15 is 0 Å². The van der Waals surface area contributed by atoms with Crippen LogP contribution >= 0.6 is 22.9 Å². The zero-order valence-electron chi connectivity index (χ0n) is 12.4. The third kappa shape index (κ3) is 3.28. The lowest BCUT2D eigenvalue weighted by Crippen LogP contribution is -2.11. The number of thiophene rings is 1. The van der Waals surface area contributed by atoms with Crippen LogP contribution in [0.2, 0.25) is 5.02 Å². The molecule has 2 aromatic carbocycles. The van der Waals surface area contributed by atoms with Gasteiger partial charge in [-0.05, 0) is 6.07 Å². The van der Waals surface area contributed by atoms with Crippen LogP contribution in [0.25, 0.3) is 11.1 Å². The molecule has 3 rings (SSSR count). The van der Waals surface area contributed by atoms with Crippen molar-refractivity contribution in [3.05, 3.63) is 76.1 Å². The molecule has 3 aromatic rings. The van der Waals surface area contributed by atoms with Gasteiger partial charge in [-0.2, -0.15) is 0 Å². The highest BCUT2D eigenvalue weighted by atomic mass is 35.5. The number of rotatable bonds is 5. The molecule has 24 heavy (non-hydrogen) atoms. The Bertz CT molecular complexity index is 864. The van der Waals surface area contributed by atoms with Crippen LogP contribution in [0.3, 0.4) is 0 Å². The molecule has 1 unspecified atom stereocenters. The summed E-state index contributed by atoms with van der Waals surface area (Å²) < 4.78 is 0. The summed E-state index contributed by atoms with van der Waals surface area (Å²) in [4.78, 5) is 11.7. The van der Waals surface area contributed by atoms with Crippen molar-refractivity contribution in [1.82, 2.24) is 0 Å². The summed E-state index contributed by atoms with van der Waals surface area (Å²) in [5.74, 6) is -1.08. The Morgan fingerprint density at radius 2 is 1.71 bits per heavy atom. The molecule has 0 spiro atoms. The number of hydrogen-bond acceptors (Lipinski definition) is 4. The van der Waals surface area contributed by atoms with E-state index < -0.39 is 12.2 Å². The van der Waals surface area contributed by atoms with Crippen LogP contribution in [0.5, 0.6) is 0 Å². The maximum absolute atomic E-state index is 11.7. The first kappa shape index (κ1) is 16.5. The molecule has 0 saturated heterocycles. The van der Waals surface area contributed by atoms with Crippen LogP contribution in [0.4, 0.5) is 5.00 Å². The van der Waals surface area contributed by atoms with E-state index in [4.69, 9.17) is 11.6 Å². The number of aliphatic hydroxyl groups is 1. The molecule has 0 aliphatic heterocycles. The van der Waals surface area contributed by atoms with Gasteiger partial charge >= 0.3 is 5.97 Å². The summed E-state index contributed by atoms with van der Waals surface area (Å²) in [7, 11) is 0. The fraction of sp³-hybridized carbons (Fsp3) is 0.0556. The summed E-state index contributed by atoms with van der Waals surface area (Å²) in [6.07, 6.45) is -0.998. The second kappa shape index (κ2) is 7.05. The number of halogens is 1. The Balaban J connectivity index is 1.98. The number of nitrogens with one attached hydrogen (secondary N) is 1. The topological polar surface area (TPSA) is 69.6 Å². The molecule has 0 fully saturated rings. The average molecular weight is 360 g/mol. The van der Waals surface area contributed by atoms with Gasteiger partial charge in [-0.3, -0.25) is 0 Å². The van der Waals surface area contributed by atoms with Crippen molar-refractivity contribution in [2.45, 2.75) is 6.23 Å². The summed E-state index contributed by atoms with van der Waals surface area (Å²) in [5.41, 5.74) is 1.93. The largest absolute Gasteiger partial charge is 0.478 e. The van der Waals surface area contributed by atoms with Gasteiger partial charge in [0.15, 0.2) is 6.23 Å². The Labute approximate surface area is 148 Å². The quantitative estimate of drug-likeness (QED) is 0.568. The summed E-state index contributed by atoms with van der Waals surface area (Å²) in [6.45, 7) is 0. The lowest BCUT2D eigenvalue weighted by molar-refractivity contribution is 0.0699. The van der Waals surface area contributed by atoms with Gasteiger partial charge in [-0.1, -0.05) is 60.1 Å². The highest BCUT2D eigenvalue weighted by molar-refractivity contribution is 7.15. The molecule has 0 aliphatic rings. The van der Waals surface area contributed by atoms with Crippen LogP contribution in [-0.4, -0.2) is 16.2 Å². The van der Waals surface area contributed by atoms with E-state index in [1.165, 1.54) is 11.3 Å². The minimum absolute atomic E-state index is 0.100. The monoisotopic (exact) mass is 359 g/mol. The smallest absolute Gasteiger partial charge is 0.339 e. The van der Waals surface area contributed by atoms with E-state index in [1.807, 2.05) is 18.2 Å². The van der Waals surface area contributed by atoms with Gasteiger partial charge in [-0.25, -0.2) is 4.79 Å². The first-order valence-corrected chi connectivity index (χ1v) is 8.43. The van der Waals surface area contributed by atoms with Gasteiger partial charge in [0, 0.05) is 27.1 Å². The minimum atomic E-state index is -1.08. The van der Waals surface area contributed by atoms with Crippen LogP contribution in [0, 0.1) is 0 Å². The summed E-state index contributed by atoms with van der Waals surface area (Å²) in [5, 5.41) is 25.4. The number of aromatic carboxylic acids is 1. The maximum atomic E-state index is 11.7. The van der Waals surface area contributed by atoms with E-state index in [0.717, 1.165) is 0 Å². The van der Waals surface area contributed by atoms with Crippen molar-refractivity contribution in [2.24, 2.45) is 0 Å². The second-order valence-electron chi connectivity index (χ2n) is 5.10. The van der Waals surface area contributed by atoms with E-state index in [2.05, 4.69) is 5.32 Å². The molecule has 6 heteroatoms. The molecule has 0 bridgehead atoms. The van der Waals surface area contributed by atoms with Crippen molar-refractivity contribution < 1.29 is 15.0 Å². The highest BCUT2D eigenvalue weighted by Crippen LogP contribution is 2.39. The van der Waals surface area contributed by atoms with Crippen molar-refractivity contribution in [1.29, 1.82) is 0 Å². The zero-order chi connectivity index (χ0) is 17.1. The van der Waals surface area contributed by atoms with Crippen LogP contribution in [0.1, 0.15) is 22.1 Å². The molecule has 0 saturated carbocycles. The lowest BCUT2D eigenvalue weighted by Gasteiger charge is -2.14. The highest BCUT2D eigenvalue weighted by Gasteiger charge is 2.22. The fourth-order valence-corrected chi connectivity index (χ4v) is 3.61. The van der Waals surface area contributed by atoms with Crippen molar-refractivity contribution in [3.63, 3.8) is 0 Å². The molecule has 1 aromatic heterocycles. The van der Waals surface area contributed by atoms with Crippen LogP contribution in [-0.2, 0) is 0 Å². The molecule has 4 nitrogen and oxygen atoms in total. The Kier molecular flexibility index (Phi) is 4.85. The third-order valence-electron chi connectivity index (χ3n) is 3.55. The predicted octanol–water partition coefficient (Wildman–Crippen LogP) is 4.87. The first-order chi connectivity index (χ1) is 11.6. The van der Waals surface area contributed by atoms with Crippen molar-refractivity contribution >= 4 is 33.9 Å². The molecule has 122 valence electrons. The molecule has 1 heterocycles. The molecule has 0 aliphatic carbocycles. The average Bonchev–Trinajstić information content (AvgIpc) is 2.99. The minimum Gasteiger partial charge on any atom is -0.478 e. The van der Waals surface area contributed by atoms with E-state index in [-0.39, 0.29) is 5.56 Å². The van der Waals surface area contributed by atoms with E-state index in [1.54, 1.807) is 41.8 Å². The molecule has 1 atom stereocenters. The Hall–Kier alpha value is -2.34. The van der Waals surface area contributed by atoms with Crippen molar-refractivity contribution in [3.8, 4) is 11.1 Å². The second-order valence-corrected chi connectivity index (χ2v) is 6.38. The number of carboxylic acids is 1. The first-order valence-electron chi connectivity index (χ1n) is 7.17. The van der Waals surface area contributed by atoms with Gasteiger partial charge in [-0.15, -0.1) is 11.3 Å². The molecular formula is C18H14ClNO3S. The third-order valence-corrected chi connectivity index (χ3v) is 4.79. The normalized spacial score (nSPS) is 11.9. The molecule has 3 N–H and O–H groups in total. The SMILES string of the molecule is O=C(O)c1c(-c2ccccc2Cl)csc1NC(O)c1ccccc1. The lowest BCUT2D eigenvalue weighted by atomic mass is 10.0. The Morgan fingerprint density at radius 3 is 2.38 bits per heavy atom. The zero-order valence-corrected chi connectivity index (χ0v) is 14.0. The van der Waals surface area contributed by atoms with Crippen LogP contribution < -0.4 is 5.32 Å². The molecule has 0 amide bonds. The van der Waals surface area contributed by atoms with E-state index in [9.17, 15) is 15.0 Å². The van der Waals surface area contributed by atoms with Gasteiger partial charge in [0.25, 0.3) is 0 Å². The summed E-state index contributed by atoms with van der Waals surface area (Å²) in [6, 6.07) is 16.1. The van der Waals surface area contributed by atoms with Crippen molar-refractivity contribution in [2.75, 3.05) is 5.32 Å². The summed E-state index contributed by atoms with van der Waals surface area (Å²) >= 11 is 7.41. The van der Waals surface area contributed by atoms with Gasteiger partial charge < -0.3 is 15.5 Å². The van der Waals surface area contributed by atoms with E-state index in [0.29, 0.717) is 26.7 Å². The predicted molar refractivity (Wildman–Crippen MR) is 96.7 cm³/mol. The van der Waals surface area contributed by atoms with Gasteiger partial charge in [0.05, 0.1) is 0 Å². The Morgan fingerprint density at radius 1 is 1.04 bits per heavy atom. The molecular weight excluding hydrogens is 346 g/mol. The number of anilines is 1.